The highest BCUT2D eigenvalue weighted by Gasteiger charge is 2.15. The molecule has 0 saturated carbocycles. The smallest absolute Gasteiger partial charge is 0.250 e. The first kappa shape index (κ1) is 16.2. The van der Waals surface area contributed by atoms with Gasteiger partial charge in [0.15, 0.2) is 0 Å². The van der Waals surface area contributed by atoms with Crippen LogP contribution >= 0.6 is 11.6 Å². The first-order valence-corrected chi connectivity index (χ1v) is 8.11. The Balaban J connectivity index is 1.56. The molecule has 0 unspecified atom stereocenters. The fourth-order valence-corrected chi connectivity index (χ4v) is 2.66. The van der Waals surface area contributed by atoms with Gasteiger partial charge in [-0.2, -0.15) is 9.78 Å². The Hall–Kier alpha value is -3.26. The predicted octanol–water partition coefficient (Wildman–Crippen LogP) is 3.10. The summed E-state index contributed by atoms with van der Waals surface area (Å²) in [5, 5.41) is 16.9. The summed E-state index contributed by atoms with van der Waals surface area (Å²) in [4.78, 5) is 5.74. The minimum Gasteiger partial charge on any atom is -0.496 e. The fourth-order valence-electron chi connectivity index (χ4n) is 2.44. The maximum Gasteiger partial charge on any atom is 0.250 e. The Kier molecular flexibility index (Phi) is 4.32. The summed E-state index contributed by atoms with van der Waals surface area (Å²) in [5.74, 6) is 1.89. The van der Waals surface area contributed by atoms with E-state index >= 15 is 0 Å². The lowest BCUT2D eigenvalue weighted by atomic mass is 10.2. The highest BCUT2D eigenvalue weighted by Crippen LogP contribution is 2.27. The molecule has 8 nitrogen and oxygen atoms in total. The molecule has 2 aromatic carbocycles. The Morgan fingerprint density at radius 1 is 1.04 bits per heavy atom. The van der Waals surface area contributed by atoms with Crippen molar-refractivity contribution in [2.45, 2.75) is 6.54 Å². The Morgan fingerprint density at radius 3 is 2.62 bits per heavy atom. The molecule has 2 heterocycles. The zero-order chi connectivity index (χ0) is 17.9. The van der Waals surface area contributed by atoms with Gasteiger partial charge in [-0.1, -0.05) is 41.0 Å². The van der Waals surface area contributed by atoms with E-state index in [-0.39, 0.29) is 6.54 Å². The van der Waals surface area contributed by atoms with Crippen molar-refractivity contribution in [2.24, 2.45) is 0 Å². The third-order valence-electron chi connectivity index (χ3n) is 3.66. The molecule has 0 radical (unpaired) electrons. The van der Waals surface area contributed by atoms with E-state index in [2.05, 4.69) is 25.6 Å². The molecule has 0 amide bonds. The third kappa shape index (κ3) is 3.14. The van der Waals surface area contributed by atoms with Crippen LogP contribution in [0.15, 0.2) is 53.1 Å². The van der Waals surface area contributed by atoms with Crippen LogP contribution in [0.4, 0.5) is 0 Å². The summed E-state index contributed by atoms with van der Waals surface area (Å²) < 4.78 is 10.6. The lowest BCUT2D eigenvalue weighted by Gasteiger charge is -2.02. The molecule has 0 N–H and O–H groups in total. The Bertz CT molecular complexity index is 1040. The van der Waals surface area contributed by atoms with Crippen LogP contribution < -0.4 is 4.74 Å². The van der Waals surface area contributed by atoms with Gasteiger partial charge < -0.3 is 9.26 Å². The van der Waals surface area contributed by atoms with Gasteiger partial charge in [0, 0.05) is 5.56 Å². The first-order chi connectivity index (χ1) is 12.7. The number of halogens is 1. The maximum atomic E-state index is 6.16. The molecule has 9 heteroatoms. The quantitative estimate of drug-likeness (QED) is 0.534. The van der Waals surface area contributed by atoms with Gasteiger partial charge in [0.2, 0.25) is 11.6 Å². The minimum absolute atomic E-state index is 0.194. The summed E-state index contributed by atoms with van der Waals surface area (Å²) >= 11 is 6.16. The number of tetrazole rings is 1. The van der Waals surface area contributed by atoms with E-state index in [4.69, 9.17) is 20.9 Å². The number of rotatable bonds is 5. The lowest BCUT2D eigenvalue weighted by molar-refractivity contribution is 0.356. The highest BCUT2D eigenvalue weighted by molar-refractivity contribution is 6.33. The lowest BCUT2D eigenvalue weighted by Crippen LogP contribution is -2.04. The average molecular weight is 369 g/mol. The van der Waals surface area contributed by atoms with Crippen LogP contribution in [0, 0.1) is 0 Å². The Morgan fingerprint density at radius 2 is 1.81 bits per heavy atom. The van der Waals surface area contributed by atoms with Crippen LogP contribution in [-0.4, -0.2) is 37.5 Å². The SMILES string of the molecule is COc1ccccc1-c1noc(Cn2nnc(-c3ccccc3Cl)n2)n1. The Labute approximate surface area is 153 Å². The number of nitrogens with zero attached hydrogens (tertiary/aromatic N) is 6. The second kappa shape index (κ2) is 6.93. The molecule has 4 aromatic rings. The molecule has 26 heavy (non-hydrogen) atoms. The number of hydrogen-bond acceptors (Lipinski definition) is 7. The van der Waals surface area contributed by atoms with Crippen molar-refractivity contribution >= 4 is 11.6 Å². The van der Waals surface area contributed by atoms with Crippen molar-refractivity contribution in [3.8, 4) is 28.5 Å². The molecule has 130 valence electrons. The monoisotopic (exact) mass is 368 g/mol. The van der Waals surface area contributed by atoms with E-state index in [0.717, 1.165) is 5.56 Å². The number of aromatic nitrogens is 6. The normalized spacial score (nSPS) is 10.8. The average Bonchev–Trinajstić information content (AvgIpc) is 3.32. The van der Waals surface area contributed by atoms with Gasteiger partial charge in [-0.15, -0.1) is 10.2 Å². The van der Waals surface area contributed by atoms with Crippen LogP contribution in [0.5, 0.6) is 5.75 Å². The molecule has 0 saturated heterocycles. The van der Waals surface area contributed by atoms with E-state index in [0.29, 0.717) is 33.9 Å². The number of methoxy groups -OCH3 is 1. The standard InChI is InChI=1S/C17H13ClN6O2/c1-25-14-9-5-3-7-12(14)16-19-15(26-22-16)10-24-21-17(20-23-24)11-6-2-4-8-13(11)18/h2-9H,10H2,1H3. The fraction of sp³-hybridized carbons (Fsp3) is 0.118. The van der Waals surface area contributed by atoms with Crippen LogP contribution in [0.25, 0.3) is 22.8 Å². The van der Waals surface area contributed by atoms with Crippen molar-refractivity contribution < 1.29 is 9.26 Å². The molecule has 0 aliphatic rings. The van der Waals surface area contributed by atoms with Crippen LogP contribution in [0.3, 0.4) is 0 Å². The van der Waals surface area contributed by atoms with E-state index in [1.807, 2.05) is 42.5 Å². The number of benzene rings is 2. The molecule has 4 rings (SSSR count). The minimum atomic E-state index is 0.194. The molecule has 2 aromatic heterocycles. The van der Waals surface area contributed by atoms with Gasteiger partial charge in [0.05, 0.1) is 17.7 Å². The van der Waals surface area contributed by atoms with Gasteiger partial charge in [-0.05, 0) is 29.5 Å². The molecule has 0 atom stereocenters. The summed E-state index contributed by atoms with van der Waals surface area (Å²) in [6.07, 6.45) is 0. The molecule has 0 aliphatic carbocycles. The second-order valence-electron chi connectivity index (χ2n) is 5.34. The maximum absolute atomic E-state index is 6.16. The van der Waals surface area contributed by atoms with E-state index in [9.17, 15) is 0 Å². The molecule has 0 bridgehead atoms. The van der Waals surface area contributed by atoms with Gasteiger partial charge in [-0.25, -0.2) is 0 Å². The molecule has 0 aliphatic heterocycles. The zero-order valence-electron chi connectivity index (χ0n) is 13.7. The van der Waals surface area contributed by atoms with Gasteiger partial charge >= 0.3 is 0 Å². The van der Waals surface area contributed by atoms with Crippen molar-refractivity contribution in [3.63, 3.8) is 0 Å². The highest BCUT2D eigenvalue weighted by atomic mass is 35.5. The summed E-state index contributed by atoms with van der Waals surface area (Å²) in [6, 6.07) is 14.7. The third-order valence-corrected chi connectivity index (χ3v) is 3.99. The summed E-state index contributed by atoms with van der Waals surface area (Å²) in [7, 11) is 1.59. The van der Waals surface area contributed by atoms with Gasteiger partial charge in [-0.3, -0.25) is 0 Å². The van der Waals surface area contributed by atoms with Crippen LogP contribution in [0.2, 0.25) is 5.02 Å². The molecular formula is C17H13ClN6O2. The van der Waals surface area contributed by atoms with Crippen molar-refractivity contribution in [1.82, 2.24) is 30.3 Å². The number of hydrogen-bond donors (Lipinski definition) is 0. The number of para-hydroxylation sites is 1. The zero-order valence-corrected chi connectivity index (χ0v) is 14.5. The second-order valence-corrected chi connectivity index (χ2v) is 5.74. The summed E-state index contributed by atoms with van der Waals surface area (Å²) in [6.45, 7) is 0.194. The first-order valence-electron chi connectivity index (χ1n) is 7.73. The largest absolute Gasteiger partial charge is 0.496 e. The van der Waals surface area contributed by atoms with Crippen molar-refractivity contribution in [3.05, 3.63) is 59.4 Å². The molecular weight excluding hydrogens is 356 g/mol. The molecule has 0 fully saturated rings. The number of ether oxygens (including phenoxy) is 1. The van der Waals surface area contributed by atoms with E-state index in [1.165, 1.54) is 4.80 Å². The van der Waals surface area contributed by atoms with E-state index in [1.54, 1.807) is 13.2 Å². The van der Waals surface area contributed by atoms with Crippen molar-refractivity contribution in [2.75, 3.05) is 7.11 Å². The van der Waals surface area contributed by atoms with Gasteiger partial charge in [0.25, 0.3) is 5.89 Å². The van der Waals surface area contributed by atoms with Crippen LogP contribution in [-0.2, 0) is 6.54 Å². The van der Waals surface area contributed by atoms with Crippen LogP contribution in [0.1, 0.15) is 5.89 Å². The summed E-state index contributed by atoms with van der Waals surface area (Å²) in [5.41, 5.74) is 1.45. The predicted molar refractivity (Wildman–Crippen MR) is 93.7 cm³/mol. The van der Waals surface area contributed by atoms with Gasteiger partial charge in [0.1, 0.15) is 12.3 Å². The van der Waals surface area contributed by atoms with E-state index < -0.39 is 0 Å². The van der Waals surface area contributed by atoms with Crippen molar-refractivity contribution in [1.29, 1.82) is 0 Å². The topological polar surface area (TPSA) is 91.8 Å². The molecule has 0 spiro atoms.